The van der Waals surface area contributed by atoms with Gasteiger partial charge in [-0.05, 0) is 20.8 Å². The van der Waals surface area contributed by atoms with Crippen LogP contribution in [0.15, 0.2) is 0 Å². The van der Waals surface area contributed by atoms with Crippen molar-refractivity contribution in [1.29, 1.82) is 0 Å². The van der Waals surface area contributed by atoms with Crippen molar-refractivity contribution < 1.29 is 17.9 Å². The van der Waals surface area contributed by atoms with Gasteiger partial charge in [0.2, 0.25) is 0 Å². The molecule has 7 heteroatoms. The van der Waals surface area contributed by atoms with E-state index in [0.717, 1.165) is 0 Å². The summed E-state index contributed by atoms with van der Waals surface area (Å²) in [6, 6.07) is 0.0293. The van der Waals surface area contributed by atoms with Gasteiger partial charge in [0.1, 0.15) is 15.4 Å². The van der Waals surface area contributed by atoms with Gasteiger partial charge in [-0.1, -0.05) is 0 Å². The first kappa shape index (κ1) is 15.2. The number of nitrogens with zero attached hydrogens (tertiary/aromatic N) is 1. The Bertz CT molecular complexity index is 396. The van der Waals surface area contributed by atoms with Crippen molar-refractivity contribution in [3.05, 3.63) is 0 Å². The molecule has 0 unspecified atom stereocenters. The van der Waals surface area contributed by atoms with Crippen molar-refractivity contribution in [2.24, 2.45) is 0 Å². The van der Waals surface area contributed by atoms with Crippen LogP contribution in [0.1, 0.15) is 20.8 Å². The van der Waals surface area contributed by atoms with Crippen LogP contribution < -0.4 is 5.32 Å². The van der Waals surface area contributed by atoms with Gasteiger partial charge in [0.15, 0.2) is 0 Å². The molecule has 0 aromatic carbocycles. The molecule has 1 heterocycles. The molecule has 0 spiro atoms. The second-order valence-corrected chi connectivity index (χ2v) is 7.88. The van der Waals surface area contributed by atoms with E-state index >= 15 is 0 Å². The minimum Gasteiger partial charge on any atom is -0.444 e. The molecule has 1 fully saturated rings. The van der Waals surface area contributed by atoms with Crippen LogP contribution in [0.25, 0.3) is 0 Å². The highest BCUT2D eigenvalue weighted by Gasteiger charge is 2.32. The number of hydrogen-bond donors (Lipinski definition) is 1. The van der Waals surface area contributed by atoms with E-state index in [2.05, 4.69) is 5.32 Å². The van der Waals surface area contributed by atoms with E-state index in [1.807, 2.05) is 0 Å². The molecule has 0 aromatic heterocycles. The molecule has 0 atom stereocenters. The third kappa shape index (κ3) is 5.22. The summed E-state index contributed by atoms with van der Waals surface area (Å²) in [7, 11) is -3.08. The van der Waals surface area contributed by atoms with Crippen molar-refractivity contribution in [3.63, 3.8) is 0 Å². The fourth-order valence-electron chi connectivity index (χ4n) is 1.50. The second-order valence-electron chi connectivity index (χ2n) is 5.62. The third-order valence-corrected chi connectivity index (χ3v) is 3.46. The highest BCUT2D eigenvalue weighted by molar-refractivity contribution is 7.90. The SMILES string of the molecule is CC(C)(C)OC(=O)N(CCS(C)(=O)=O)C1CNC1. The summed E-state index contributed by atoms with van der Waals surface area (Å²) in [4.78, 5) is 13.5. The van der Waals surface area contributed by atoms with Crippen molar-refractivity contribution >= 4 is 15.9 Å². The minimum atomic E-state index is -3.08. The molecular formula is C11H22N2O4S. The van der Waals surface area contributed by atoms with Gasteiger partial charge in [-0.3, -0.25) is 0 Å². The van der Waals surface area contributed by atoms with Crippen LogP contribution in [0, 0.1) is 0 Å². The number of ether oxygens (including phenoxy) is 1. The zero-order chi connectivity index (χ0) is 14.0. The Morgan fingerprint density at radius 2 is 1.94 bits per heavy atom. The molecule has 6 nitrogen and oxygen atoms in total. The normalized spacial score (nSPS) is 17.1. The number of amides is 1. The highest BCUT2D eigenvalue weighted by atomic mass is 32.2. The lowest BCUT2D eigenvalue weighted by Gasteiger charge is -2.38. The van der Waals surface area contributed by atoms with Gasteiger partial charge >= 0.3 is 6.09 Å². The monoisotopic (exact) mass is 278 g/mol. The highest BCUT2D eigenvalue weighted by Crippen LogP contribution is 2.14. The predicted octanol–water partition coefficient (Wildman–Crippen LogP) is 0.240. The molecule has 1 aliphatic rings. The van der Waals surface area contributed by atoms with Crippen LogP contribution in [0.3, 0.4) is 0 Å². The van der Waals surface area contributed by atoms with Crippen LogP contribution in [0.5, 0.6) is 0 Å². The lowest BCUT2D eigenvalue weighted by atomic mass is 10.1. The van der Waals surface area contributed by atoms with Gasteiger partial charge in [-0.2, -0.15) is 0 Å². The van der Waals surface area contributed by atoms with Crippen LogP contribution >= 0.6 is 0 Å². The Balaban J connectivity index is 2.63. The average Bonchev–Trinajstić information content (AvgIpc) is 2.03. The summed E-state index contributed by atoms with van der Waals surface area (Å²) < 4.78 is 27.6. The van der Waals surface area contributed by atoms with E-state index in [0.29, 0.717) is 13.1 Å². The van der Waals surface area contributed by atoms with Crippen molar-refractivity contribution in [3.8, 4) is 0 Å². The summed E-state index contributed by atoms with van der Waals surface area (Å²) in [6.45, 7) is 6.92. The zero-order valence-corrected chi connectivity index (χ0v) is 12.2. The molecule has 1 amide bonds. The standard InChI is InChI=1S/C11H22N2O4S/c1-11(2,3)17-10(14)13(9-7-12-8-9)5-6-18(4,15)16/h9,12H,5-8H2,1-4H3. The molecule has 0 saturated carbocycles. The number of rotatable bonds is 4. The van der Waals surface area contributed by atoms with Crippen molar-refractivity contribution in [2.45, 2.75) is 32.4 Å². The molecule has 1 aliphatic heterocycles. The van der Waals surface area contributed by atoms with Gasteiger partial charge in [-0.25, -0.2) is 13.2 Å². The van der Waals surface area contributed by atoms with Crippen LogP contribution in [-0.4, -0.2) is 62.7 Å². The Hall–Kier alpha value is -0.820. The number of hydrogen-bond acceptors (Lipinski definition) is 5. The Morgan fingerprint density at radius 1 is 1.39 bits per heavy atom. The first-order valence-corrected chi connectivity index (χ1v) is 8.02. The van der Waals surface area contributed by atoms with Gasteiger partial charge in [0.05, 0.1) is 11.8 Å². The fraction of sp³-hybridized carbons (Fsp3) is 0.909. The van der Waals surface area contributed by atoms with Gasteiger partial charge in [0.25, 0.3) is 0 Å². The molecule has 1 rings (SSSR count). The molecule has 106 valence electrons. The smallest absolute Gasteiger partial charge is 0.410 e. The number of carbonyl (C=O) groups is 1. The first-order chi connectivity index (χ1) is 8.08. The summed E-state index contributed by atoms with van der Waals surface area (Å²) in [5.74, 6) is -0.0389. The summed E-state index contributed by atoms with van der Waals surface area (Å²) in [5.41, 5.74) is -0.572. The van der Waals surface area contributed by atoms with Gasteiger partial charge in [-0.15, -0.1) is 0 Å². The maximum atomic E-state index is 12.0. The largest absolute Gasteiger partial charge is 0.444 e. The van der Waals surface area contributed by atoms with Crippen LogP contribution in [-0.2, 0) is 14.6 Å². The van der Waals surface area contributed by atoms with E-state index in [-0.39, 0.29) is 18.3 Å². The number of sulfone groups is 1. The molecule has 18 heavy (non-hydrogen) atoms. The molecule has 0 radical (unpaired) electrons. The van der Waals surface area contributed by atoms with Crippen LogP contribution in [0.2, 0.25) is 0 Å². The Kier molecular flexibility index (Phi) is 4.61. The van der Waals surface area contributed by atoms with Crippen molar-refractivity contribution in [2.75, 3.05) is 31.6 Å². The fourth-order valence-corrected chi connectivity index (χ4v) is 2.03. The molecule has 0 aliphatic carbocycles. The lowest BCUT2D eigenvalue weighted by molar-refractivity contribution is 0.0121. The van der Waals surface area contributed by atoms with Gasteiger partial charge < -0.3 is 15.0 Å². The minimum absolute atomic E-state index is 0.0293. The quantitative estimate of drug-likeness (QED) is 0.797. The molecule has 0 aromatic rings. The van der Waals surface area contributed by atoms with E-state index in [9.17, 15) is 13.2 Å². The summed E-state index contributed by atoms with van der Waals surface area (Å²) in [6.07, 6.45) is 0.719. The van der Waals surface area contributed by atoms with E-state index in [1.54, 1.807) is 20.8 Å². The lowest BCUT2D eigenvalue weighted by Crippen LogP contribution is -2.60. The van der Waals surface area contributed by atoms with Gasteiger partial charge in [0, 0.05) is 25.9 Å². The maximum Gasteiger partial charge on any atom is 0.410 e. The summed E-state index contributed by atoms with van der Waals surface area (Å²) >= 11 is 0. The molecule has 1 N–H and O–H groups in total. The molecular weight excluding hydrogens is 256 g/mol. The Morgan fingerprint density at radius 3 is 2.28 bits per heavy atom. The second kappa shape index (κ2) is 5.44. The zero-order valence-electron chi connectivity index (χ0n) is 11.4. The molecule has 0 bridgehead atoms. The average molecular weight is 278 g/mol. The van der Waals surface area contributed by atoms with E-state index in [1.165, 1.54) is 11.2 Å². The first-order valence-electron chi connectivity index (χ1n) is 5.96. The number of carbonyl (C=O) groups excluding carboxylic acids is 1. The summed E-state index contributed by atoms with van der Waals surface area (Å²) in [5, 5.41) is 3.06. The topological polar surface area (TPSA) is 75.7 Å². The third-order valence-electron chi connectivity index (χ3n) is 2.53. The van der Waals surface area contributed by atoms with E-state index in [4.69, 9.17) is 4.74 Å². The Labute approximate surface area is 109 Å². The number of nitrogens with one attached hydrogen (secondary N) is 1. The predicted molar refractivity (Wildman–Crippen MR) is 69.3 cm³/mol. The van der Waals surface area contributed by atoms with Crippen LogP contribution in [0.4, 0.5) is 4.79 Å². The molecule has 1 saturated heterocycles. The van der Waals surface area contributed by atoms with Crippen molar-refractivity contribution in [1.82, 2.24) is 10.2 Å². The van der Waals surface area contributed by atoms with E-state index < -0.39 is 21.5 Å². The maximum absolute atomic E-state index is 12.0.